The lowest BCUT2D eigenvalue weighted by molar-refractivity contribution is 0.102. The first-order chi connectivity index (χ1) is 10.0. The number of rotatable bonds is 4. The Bertz CT molecular complexity index is 679. The lowest BCUT2D eigenvalue weighted by Crippen LogP contribution is -2.17. The van der Waals surface area contributed by atoms with E-state index in [-0.39, 0.29) is 5.91 Å². The van der Waals surface area contributed by atoms with Gasteiger partial charge in [-0.2, -0.15) is 0 Å². The summed E-state index contributed by atoms with van der Waals surface area (Å²) in [7, 11) is 1.55. The fourth-order valence-corrected chi connectivity index (χ4v) is 2.35. The summed E-state index contributed by atoms with van der Waals surface area (Å²) in [5.74, 6) is 5.70. The third-order valence-electron chi connectivity index (χ3n) is 2.79. The average molecular weight is 371 g/mol. The molecule has 21 heavy (non-hydrogen) atoms. The summed E-state index contributed by atoms with van der Waals surface area (Å²) in [6, 6.07) is 10.1. The van der Waals surface area contributed by atoms with Gasteiger partial charge >= 0.3 is 0 Å². The molecule has 5 nitrogen and oxygen atoms in total. The summed E-state index contributed by atoms with van der Waals surface area (Å²) in [5, 5.41) is 3.22. The first kappa shape index (κ1) is 15.6. The highest BCUT2D eigenvalue weighted by molar-refractivity contribution is 9.10. The number of carbonyl (C=O) groups is 1. The van der Waals surface area contributed by atoms with E-state index in [1.165, 1.54) is 0 Å². The van der Waals surface area contributed by atoms with Gasteiger partial charge in [0.15, 0.2) is 0 Å². The molecule has 0 unspecified atom stereocenters. The van der Waals surface area contributed by atoms with Gasteiger partial charge in [0.25, 0.3) is 5.91 Å². The molecule has 0 aromatic heterocycles. The molecule has 0 radical (unpaired) electrons. The zero-order chi connectivity index (χ0) is 15.4. The van der Waals surface area contributed by atoms with Gasteiger partial charge in [0.1, 0.15) is 5.75 Å². The zero-order valence-electron chi connectivity index (χ0n) is 11.1. The summed E-state index contributed by atoms with van der Waals surface area (Å²) in [6.07, 6.45) is 0. The summed E-state index contributed by atoms with van der Waals surface area (Å²) in [5.41, 5.74) is 3.91. The van der Waals surface area contributed by atoms with Crippen LogP contribution in [-0.4, -0.2) is 13.0 Å². The smallest absolute Gasteiger partial charge is 0.257 e. The highest BCUT2D eigenvalue weighted by atomic mass is 79.9. The van der Waals surface area contributed by atoms with Crippen molar-refractivity contribution in [2.75, 3.05) is 17.9 Å². The van der Waals surface area contributed by atoms with Gasteiger partial charge < -0.3 is 15.5 Å². The zero-order valence-corrected chi connectivity index (χ0v) is 13.5. The fraction of sp³-hybridized carbons (Fsp3) is 0.0714. The Morgan fingerprint density at radius 2 is 2.05 bits per heavy atom. The Hall–Kier alpha value is -1.76. The second-order valence-electron chi connectivity index (χ2n) is 4.14. The van der Waals surface area contributed by atoms with Gasteiger partial charge in [-0.05, 0) is 46.3 Å². The molecule has 0 fully saturated rings. The van der Waals surface area contributed by atoms with Crippen molar-refractivity contribution in [1.82, 2.24) is 0 Å². The van der Waals surface area contributed by atoms with Crippen LogP contribution in [0.4, 0.5) is 11.4 Å². The van der Waals surface area contributed by atoms with Crippen LogP contribution in [0.3, 0.4) is 0 Å². The Morgan fingerprint density at radius 3 is 2.71 bits per heavy atom. The third kappa shape index (κ3) is 3.66. The molecule has 0 saturated heterocycles. The van der Waals surface area contributed by atoms with Crippen LogP contribution in [0.1, 0.15) is 10.4 Å². The summed E-state index contributed by atoms with van der Waals surface area (Å²) >= 11 is 9.27. The van der Waals surface area contributed by atoms with Gasteiger partial charge in [-0.3, -0.25) is 10.6 Å². The number of benzene rings is 2. The quantitative estimate of drug-likeness (QED) is 0.567. The SMILES string of the molecule is COc1cc(NC(=O)c2cc(Cl)ccc2NN)ccc1Br. The van der Waals surface area contributed by atoms with Gasteiger partial charge in [0, 0.05) is 16.8 Å². The number of methoxy groups -OCH3 is 1. The molecule has 0 aliphatic heterocycles. The second-order valence-corrected chi connectivity index (χ2v) is 5.43. The van der Waals surface area contributed by atoms with Gasteiger partial charge in [-0.15, -0.1) is 0 Å². The van der Waals surface area contributed by atoms with E-state index >= 15 is 0 Å². The number of ether oxygens (including phenoxy) is 1. The van der Waals surface area contributed by atoms with Crippen LogP contribution in [0.5, 0.6) is 5.75 Å². The molecule has 0 spiro atoms. The third-order valence-corrected chi connectivity index (χ3v) is 3.68. The van der Waals surface area contributed by atoms with E-state index < -0.39 is 0 Å². The van der Waals surface area contributed by atoms with E-state index in [0.29, 0.717) is 27.7 Å². The molecule has 2 aromatic rings. The molecule has 0 atom stereocenters. The number of nitrogens with one attached hydrogen (secondary N) is 2. The van der Waals surface area contributed by atoms with E-state index in [1.54, 1.807) is 43.5 Å². The largest absolute Gasteiger partial charge is 0.495 e. The first-order valence-electron chi connectivity index (χ1n) is 5.96. The molecular weight excluding hydrogens is 358 g/mol. The number of amides is 1. The van der Waals surface area contributed by atoms with Crippen molar-refractivity contribution in [3.63, 3.8) is 0 Å². The molecule has 0 bridgehead atoms. The van der Waals surface area contributed by atoms with Gasteiger partial charge in [0.05, 0.1) is 22.8 Å². The Balaban J connectivity index is 2.28. The van der Waals surface area contributed by atoms with E-state index in [9.17, 15) is 4.79 Å². The van der Waals surface area contributed by atoms with Crippen LogP contribution in [0.25, 0.3) is 0 Å². The van der Waals surface area contributed by atoms with Gasteiger partial charge in [0.2, 0.25) is 0 Å². The van der Waals surface area contributed by atoms with Gasteiger partial charge in [-0.25, -0.2) is 0 Å². The molecule has 4 N–H and O–H groups in total. The summed E-state index contributed by atoms with van der Waals surface area (Å²) < 4.78 is 5.99. The number of hydrogen-bond acceptors (Lipinski definition) is 4. The Labute approximate surface area is 135 Å². The molecule has 0 saturated carbocycles. The molecule has 0 heterocycles. The van der Waals surface area contributed by atoms with Crippen molar-refractivity contribution in [3.8, 4) is 5.75 Å². The number of carbonyl (C=O) groups excluding carboxylic acids is 1. The number of nitrogen functional groups attached to an aromatic ring is 1. The fourth-order valence-electron chi connectivity index (χ4n) is 1.77. The van der Waals surface area contributed by atoms with Crippen molar-refractivity contribution in [1.29, 1.82) is 0 Å². The van der Waals surface area contributed by atoms with Crippen LogP contribution < -0.4 is 21.3 Å². The van der Waals surface area contributed by atoms with E-state index in [2.05, 4.69) is 26.7 Å². The molecule has 7 heteroatoms. The average Bonchev–Trinajstić information content (AvgIpc) is 2.49. The standard InChI is InChI=1S/C14H13BrClN3O2/c1-21-13-7-9(3-4-11(13)15)18-14(20)10-6-8(16)2-5-12(10)19-17/h2-7,19H,17H2,1H3,(H,18,20). The minimum Gasteiger partial charge on any atom is -0.495 e. The minimum absolute atomic E-state index is 0.324. The molecule has 1 amide bonds. The second kappa shape index (κ2) is 6.80. The number of hydrazine groups is 1. The summed E-state index contributed by atoms with van der Waals surface area (Å²) in [4.78, 5) is 12.3. The van der Waals surface area contributed by atoms with Crippen LogP contribution in [0, 0.1) is 0 Å². The van der Waals surface area contributed by atoms with E-state index in [4.69, 9.17) is 22.2 Å². The number of nitrogens with two attached hydrogens (primary N) is 1. The summed E-state index contributed by atoms with van der Waals surface area (Å²) in [6.45, 7) is 0. The molecule has 2 aromatic carbocycles. The normalized spacial score (nSPS) is 10.1. The number of halogens is 2. The number of hydrogen-bond donors (Lipinski definition) is 3. The predicted octanol–water partition coefficient (Wildman–Crippen LogP) is 3.65. The topological polar surface area (TPSA) is 76.4 Å². The molecular formula is C14H13BrClN3O2. The lowest BCUT2D eigenvalue weighted by atomic mass is 10.1. The Kier molecular flexibility index (Phi) is 5.06. The predicted molar refractivity (Wildman–Crippen MR) is 87.9 cm³/mol. The highest BCUT2D eigenvalue weighted by Gasteiger charge is 2.13. The van der Waals surface area contributed by atoms with Crippen molar-refractivity contribution < 1.29 is 9.53 Å². The highest BCUT2D eigenvalue weighted by Crippen LogP contribution is 2.28. The molecule has 2 rings (SSSR count). The Morgan fingerprint density at radius 1 is 1.29 bits per heavy atom. The lowest BCUT2D eigenvalue weighted by Gasteiger charge is -2.11. The van der Waals surface area contributed by atoms with Crippen LogP contribution >= 0.6 is 27.5 Å². The molecule has 110 valence electrons. The first-order valence-corrected chi connectivity index (χ1v) is 7.13. The molecule has 0 aliphatic rings. The van der Waals surface area contributed by atoms with E-state index in [0.717, 1.165) is 4.47 Å². The maximum atomic E-state index is 12.3. The van der Waals surface area contributed by atoms with Crippen molar-refractivity contribution in [2.24, 2.45) is 5.84 Å². The molecule has 0 aliphatic carbocycles. The minimum atomic E-state index is -0.324. The maximum Gasteiger partial charge on any atom is 0.257 e. The van der Waals surface area contributed by atoms with Crippen LogP contribution in [0.2, 0.25) is 5.02 Å². The number of anilines is 2. The van der Waals surface area contributed by atoms with Gasteiger partial charge in [-0.1, -0.05) is 11.6 Å². The van der Waals surface area contributed by atoms with Crippen molar-refractivity contribution in [3.05, 3.63) is 51.5 Å². The van der Waals surface area contributed by atoms with Crippen LogP contribution in [-0.2, 0) is 0 Å². The monoisotopic (exact) mass is 369 g/mol. The maximum absolute atomic E-state index is 12.3. The van der Waals surface area contributed by atoms with Crippen LogP contribution in [0.15, 0.2) is 40.9 Å². The van der Waals surface area contributed by atoms with E-state index in [1.807, 2.05) is 0 Å². The van der Waals surface area contributed by atoms with Crippen molar-refractivity contribution >= 4 is 44.8 Å². The van der Waals surface area contributed by atoms with Crippen molar-refractivity contribution in [2.45, 2.75) is 0 Å².